The van der Waals surface area contributed by atoms with E-state index in [1.165, 1.54) is 0 Å². The fourth-order valence-corrected chi connectivity index (χ4v) is 4.74. The number of hydrogen-bond acceptors (Lipinski definition) is 2. The Balaban J connectivity index is 1.63. The lowest BCUT2D eigenvalue weighted by atomic mass is 9.78. The molecule has 2 aromatic rings. The van der Waals surface area contributed by atoms with Gasteiger partial charge in [-0.15, -0.1) is 0 Å². The molecule has 0 amide bonds. The van der Waals surface area contributed by atoms with E-state index in [1.807, 2.05) is 30.3 Å². The van der Waals surface area contributed by atoms with Crippen LogP contribution in [0.25, 0.3) is 0 Å². The second-order valence-corrected chi connectivity index (χ2v) is 7.67. The molecule has 4 rings (SSSR count). The molecule has 2 bridgehead atoms. The van der Waals surface area contributed by atoms with Crippen molar-refractivity contribution in [3.05, 3.63) is 71.0 Å². The molecule has 0 aromatic heterocycles. The van der Waals surface area contributed by atoms with E-state index in [2.05, 4.69) is 4.90 Å². The second kappa shape index (κ2) is 6.60. The second-order valence-electron chi connectivity index (χ2n) is 7.67. The Kier molecular flexibility index (Phi) is 4.51. The molecule has 2 aliphatic rings. The third-order valence-electron chi connectivity index (χ3n) is 5.91. The number of benzene rings is 2. The Bertz CT molecular complexity index is 807. The van der Waals surface area contributed by atoms with E-state index in [0.29, 0.717) is 6.54 Å². The number of aliphatic hydroxyl groups is 1. The first-order chi connectivity index (χ1) is 12.8. The summed E-state index contributed by atoms with van der Waals surface area (Å²) in [6.45, 7) is 0.710. The largest absolute Gasteiger partial charge is 0.416 e. The molecule has 144 valence electrons. The van der Waals surface area contributed by atoms with Crippen LogP contribution in [0.15, 0.2) is 48.5 Å². The molecule has 0 radical (unpaired) electrons. The molecule has 2 aliphatic heterocycles. The van der Waals surface area contributed by atoms with E-state index < -0.39 is 23.2 Å². The van der Waals surface area contributed by atoms with Crippen molar-refractivity contribution in [1.82, 2.24) is 4.90 Å². The molecule has 1 N–H and O–H groups in total. The molecule has 2 aromatic carbocycles. The van der Waals surface area contributed by atoms with Crippen molar-refractivity contribution in [2.24, 2.45) is 0 Å². The van der Waals surface area contributed by atoms with Gasteiger partial charge in [0.15, 0.2) is 0 Å². The highest BCUT2D eigenvalue weighted by molar-refractivity contribution is 5.36. The highest BCUT2D eigenvalue weighted by atomic mass is 19.4. The molecule has 0 aliphatic carbocycles. The maximum absolute atomic E-state index is 13.7. The predicted octanol–water partition coefficient (Wildman–Crippen LogP) is 4.86. The van der Waals surface area contributed by atoms with Gasteiger partial charge in [-0.05, 0) is 55.0 Å². The number of fused-ring (bicyclic) bond motifs is 2. The SMILES string of the molecule is OC1(c2cc(F)ccc2C(F)(F)F)CC2CCC(C1)N2Cc1ccccc1. The molecular formula is C21H21F4NO. The summed E-state index contributed by atoms with van der Waals surface area (Å²) in [7, 11) is 0. The summed E-state index contributed by atoms with van der Waals surface area (Å²) >= 11 is 0. The van der Waals surface area contributed by atoms with Crippen LogP contribution in [0.1, 0.15) is 42.4 Å². The molecule has 2 heterocycles. The summed E-state index contributed by atoms with van der Waals surface area (Å²) in [6, 6.07) is 12.3. The first kappa shape index (κ1) is 18.4. The number of rotatable bonds is 3. The summed E-state index contributed by atoms with van der Waals surface area (Å²) in [4.78, 5) is 2.27. The van der Waals surface area contributed by atoms with Crippen LogP contribution in [0.4, 0.5) is 17.6 Å². The fourth-order valence-electron chi connectivity index (χ4n) is 4.74. The number of piperidine rings is 1. The smallest absolute Gasteiger partial charge is 0.385 e. The summed E-state index contributed by atoms with van der Waals surface area (Å²) in [5.74, 6) is -0.759. The molecule has 27 heavy (non-hydrogen) atoms. The van der Waals surface area contributed by atoms with Crippen LogP contribution in [0.5, 0.6) is 0 Å². The summed E-state index contributed by atoms with van der Waals surface area (Å²) in [5.41, 5.74) is -1.79. The van der Waals surface area contributed by atoms with E-state index in [9.17, 15) is 22.7 Å². The fraction of sp³-hybridized carbons (Fsp3) is 0.429. The Morgan fingerprint density at radius 3 is 2.22 bits per heavy atom. The van der Waals surface area contributed by atoms with Gasteiger partial charge in [0.25, 0.3) is 0 Å². The first-order valence-corrected chi connectivity index (χ1v) is 9.15. The Morgan fingerprint density at radius 2 is 1.63 bits per heavy atom. The number of hydrogen-bond donors (Lipinski definition) is 1. The van der Waals surface area contributed by atoms with Crippen molar-refractivity contribution in [3.8, 4) is 0 Å². The maximum Gasteiger partial charge on any atom is 0.416 e. The average molecular weight is 379 g/mol. The maximum atomic E-state index is 13.7. The minimum atomic E-state index is -4.63. The number of alkyl halides is 3. The third kappa shape index (κ3) is 3.48. The minimum Gasteiger partial charge on any atom is -0.385 e. The normalized spacial score (nSPS) is 28.5. The van der Waals surface area contributed by atoms with Gasteiger partial charge >= 0.3 is 6.18 Å². The van der Waals surface area contributed by atoms with Crippen molar-refractivity contribution >= 4 is 0 Å². The molecule has 2 nitrogen and oxygen atoms in total. The van der Waals surface area contributed by atoms with Crippen LogP contribution in [0, 0.1) is 5.82 Å². The number of halogens is 4. The molecule has 2 unspecified atom stereocenters. The van der Waals surface area contributed by atoms with Crippen LogP contribution < -0.4 is 0 Å². The zero-order valence-electron chi connectivity index (χ0n) is 14.7. The van der Waals surface area contributed by atoms with E-state index in [1.54, 1.807) is 0 Å². The molecule has 6 heteroatoms. The van der Waals surface area contributed by atoms with Gasteiger partial charge in [-0.3, -0.25) is 4.90 Å². The van der Waals surface area contributed by atoms with E-state index in [-0.39, 0.29) is 30.5 Å². The first-order valence-electron chi connectivity index (χ1n) is 9.15. The highest BCUT2D eigenvalue weighted by Gasteiger charge is 2.50. The predicted molar refractivity (Wildman–Crippen MR) is 93.3 cm³/mol. The van der Waals surface area contributed by atoms with Crippen molar-refractivity contribution in [1.29, 1.82) is 0 Å². The van der Waals surface area contributed by atoms with Crippen molar-refractivity contribution in [3.63, 3.8) is 0 Å². The average Bonchev–Trinajstić information content (AvgIpc) is 2.85. The minimum absolute atomic E-state index is 0.0155. The van der Waals surface area contributed by atoms with Crippen LogP contribution >= 0.6 is 0 Å². The lowest BCUT2D eigenvalue weighted by molar-refractivity contribution is -0.143. The van der Waals surface area contributed by atoms with Gasteiger partial charge in [0, 0.05) is 18.6 Å². The molecule has 2 saturated heterocycles. The molecule has 2 fully saturated rings. The zero-order valence-corrected chi connectivity index (χ0v) is 14.7. The lowest BCUT2D eigenvalue weighted by Crippen LogP contribution is -2.49. The summed E-state index contributed by atoms with van der Waals surface area (Å²) in [6.07, 6.45) is -2.60. The van der Waals surface area contributed by atoms with E-state index in [0.717, 1.165) is 36.6 Å². The van der Waals surface area contributed by atoms with Gasteiger partial charge in [-0.2, -0.15) is 13.2 Å². The van der Waals surface area contributed by atoms with Crippen LogP contribution in [0.3, 0.4) is 0 Å². The van der Waals surface area contributed by atoms with Crippen molar-refractivity contribution < 1.29 is 22.7 Å². The van der Waals surface area contributed by atoms with E-state index in [4.69, 9.17) is 0 Å². The lowest BCUT2D eigenvalue weighted by Gasteiger charge is -2.44. The zero-order chi connectivity index (χ0) is 19.2. The van der Waals surface area contributed by atoms with Crippen LogP contribution in [-0.2, 0) is 18.3 Å². The highest BCUT2D eigenvalue weighted by Crippen LogP contribution is 2.49. The van der Waals surface area contributed by atoms with E-state index >= 15 is 0 Å². The third-order valence-corrected chi connectivity index (χ3v) is 5.91. The van der Waals surface area contributed by atoms with Gasteiger partial charge in [0.05, 0.1) is 11.2 Å². The Morgan fingerprint density at radius 1 is 1.00 bits per heavy atom. The summed E-state index contributed by atoms with van der Waals surface area (Å²) < 4.78 is 54.1. The Hall–Kier alpha value is -1.92. The van der Waals surface area contributed by atoms with Crippen LogP contribution in [-0.4, -0.2) is 22.1 Å². The summed E-state index contributed by atoms with van der Waals surface area (Å²) in [5, 5.41) is 11.2. The Labute approximate surface area is 155 Å². The molecule has 0 spiro atoms. The molecular weight excluding hydrogens is 358 g/mol. The van der Waals surface area contributed by atoms with Crippen LogP contribution in [0.2, 0.25) is 0 Å². The quantitative estimate of drug-likeness (QED) is 0.770. The van der Waals surface area contributed by atoms with Crippen molar-refractivity contribution in [2.45, 2.75) is 56.1 Å². The van der Waals surface area contributed by atoms with Gasteiger partial charge in [0.2, 0.25) is 0 Å². The molecule has 0 saturated carbocycles. The van der Waals surface area contributed by atoms with Gasteiger partial charge in [-0.25, -0.2) is 4.39 Å². The van der Waals surface area contributed by atoms with Gasteiger partial charge < -0.3 is 5.11 Å². The topological polar surface area (TPSA) is 23.5 Å². The molecule has 2 atom stereocenters. The van der Waals surface area contributed by atoms with Gasteiger partial charge in [0.1, 0.15) is 5.82 Å². The number of nitrogens with zero attached hydrogens (tertiary/aromatic N) is 1. The monoisotopic (exact) mass is 379 g/mol. The van der Waals surface area contributed by atoms with Crippen molar-refractivity contribution in [2.75, 3.05) is 0 Å². The van der Waals surface area contributed by atoms with Gasteiger partial charge in [-0.1, -0.05) is 30.3 Å². The standard InChI is InChI=1S/C21H21F4NO/c22-15-6-9-18(21(23,24)25)19(10-15)20(27)11-16-7-8-17(12-20)26(16)13-14-4-2-1-3-5-14/h1-6,9-10,16-17,27H,7-8,11-13H2.